The van der Waals surface area contributed by atoms with Crippen molar-refractivity contribution in [1.82, 2.24) is 15.3 Å². The van der Waals surface area contributed by atoms with Gasteiger partial charge in [0.15, 0.2) is 0 Å². The molecule has 0 aromatic carbocycles. The van der Waals surface area contributed by atoms with E-state index in [2.05, 4.69) is 41.0 Å². The van der Waals surface area contributed by atoms with Gasteiger partial charge in [-0.15, -0.1) is 0 Å². The van der Waals surface area contributed by atoms with Crippen LogP contribution in [0, 0.1) is 13.8 Å². The van der Waals surface area contributed by atoms with Crippen LogP contribution in [0.2, 0.25) is 0 Å². The van der Waals surface area contributed by atoms with Crippen LogP contribution in [-0.4, -0.2) is 35.6 Å². The lowest BCUT2D eigenvalue weighted by Gasteiger charge is -2.24. The van der Waals surface area contributed by atoms with Crippen molar-refractivity contribution < 1.29 is 0 Å². The molecule has 1 heterocycles. The highest BCUT2D eigenvalue weighted by Crippen LogP contribution is 2.14. The van der Waals surface area contributed by atoms with Crippen LogP contribution in [0.15, 0.2) is 6.20 Å². The molecular weight excluding hydrogens is 212 g/mol. The molecule has 0 saturated heterocycles. The molecule has 0 atom stereocenters. The first-order chi connectivity index (χ1) is 8.04. The lowest BCUT2D eigenvalue weighted by molar-refractivity contribution is 0.581. The Morgan fingerprint density at radius 2 is 2.06 bits per heavy atom. The molecule has 1 rings (SSSR count). The van der Waals surface area contributed by atoms with Crippen LogP contribution in [0.5, 0.6) is 0 Å². The van der Waals surface area contributed by atoms with E-state index in [1.54, 1.807) is 0 Å². The smallest absolute Gasteiger partial charge is 0.150 e. The molecule has 0 aliphatic heterocycles. The zero-order valence-electron chi connectivity index (χ0n) is 11.6. The fraction of sp³-hybridized carbons (Fsp3) is 0.692. The first-order valence-corrected chi connectivity index (χ1v) is 6.33. The highest BCUT2D eigenvalue weighted by Gasteiger charge is 2.10. The van der Waals surface area contributed by atoms with Gasteiger partial charge in [0.1, 0.15) is 5.82 Å². The Labute approximate surface area is 104 Å². The van der Waals surface area contributed by atoms with Gasteiger partial charge in [0.2, 0.25) is 0 Å². The van der Waals surface area contributed by atoms with E-state index in [4.69, 9.17) is 0 Å². The lowest BCUT2D eigenvalue weighted by Crippen LogP contribution is -2.35. The van der Waals surface area contributed by atoms with Crippen molar-refractivity contribution in [3.63, 3.8) is 0 Å². The number of likely N-dealkylation sites (N-methyl/N-ethyl adjacent to an activating group) is 1. The van der Waals surface area contributed by atoms with Gasteiger partial charge in [0, 0.05) is 31.9 Å². The van der Waals surface area contributed by atoms with Crippen LogP contribution in [-0.2, 0) is 0 Å². The molecule has 0 amide bonds. The van der Waals surface area contributed by atoms with E-state index in [9.17, 15) is 0 Å². The summed E-state index contributed by atoms with van der Waals surface area (Å²) in [6, 6.07) is 0.526. The topological polar surface area (TPSA) is 41.0 Å². The quantitative estimate of drug-likeness (QED) is 0.819. The van der Waals surface area contributed by atoms with E-state index in [1.807, 2.05) is 20.0 Å². The molecule has 0 saturated carbocycles. The molecule has 4 heteroatoms. The molecule has 96 valence electrons. The number of anilines is 1. The normalized spacial score (nSPS) is 10.9. The van der Waals surface area contributed by atoms with E-state index >= 15 is 0 Å². The molecule has 0 unspecified atom stereocenters. The summed E-state index contributed by atoms with van der Waals surface area (Å²) in [6.45, 7) is 13.4. The van der Waals surface area contributed by atoms with Crippen molar-refractivity contribution in [2.75, 3.05) is 24.5 Å². The van der Waals surface area contributed by atoms with E-state index < -0.39 is 0 Å². The molecular formula is C13H24N4. The summed E-state index contributed by atoms with van der Waals surface area (Å²) in [5, 5.41) is 3.42. The van der Waals surface area contributed by atoms with Gasteiger partial charge in [0.05, 0.1) is 11.4 Å². The molecule has 0 aliphatic rings. The Balaban J connectivity index is 2.68. The van der Waals surface area contributed by atoms with Crippen molar-refractivity contribution in [3.05, 3.63) is 17.6 Å². The van der Waals surface area contributed by atoms with Gasteiger partial charge in [0.25, 0.3) is 0 Å². The monoisotopic (exact) mass is 236 g/mol. The van der Waals surface area contributed by atoms with Crippen LogP contribution in [0.4, 0.5) is 5.82 Å². The Hall–Kier alpha value is -1.16. The Bertz CT molecular complexity index is 349. The molecule has 0 bridgehead atoms. The fourth-order valence-corrected chi connectivity index (χ4v) is 1.73. The summed E-state index contributed by atoms with van der Waals surface area (Å²) >= 11 is 0. The van der Waals surface area contributed by atoms with Gasteiger partial charge >= 0.3 is 0 Å². The summed E-state index contributed by atoms with van der Waals surface area (Å²) < 4.78 is 0. The van der Waals surface area contributed by atoms with E-state index in [0.29, 0.717) is 6.04 Å². The van der Waals surface area contributed by atoms with Gasteiger partial charge < -0.3 is 10.2 Å². The van der Waals surface area contributed by atoms with Crippen molar-refractivity contribution in [3.8, 4) is 0 Å². The maximum absolute atomic E-state index is 4.58. The van der Waals surface area contributed by atoms with Crippen LogP contribution in [0.1, 0.15) is 32.2 Å². The molecule has 0 aliphatic carbocycles. The second kappa shape index (κ2) is 6.55. The molecule has 4 nitrogen and oxygen atoms in total. The number of nitrogens with one attached hydrogen (secondary N) is 1. The minimum absolute atomic E-state index is 0.526. The third kappa shape index (κ3) is 4.30. The number of rotatable bonds is 6. The zero-order chi connectivity index (χ0) is 12.8. The Kier molecular flexibility index (Phi) is 5.35. The third-order valence-electron chi connectivity index (χ3n) is 2.67. The van der Waals surface area contributed by atoms with Gasteiger partial charge in [-0.05, 0) is 20.8 Å². The molecule has 1 aromatic heterocycles. The molecule has 0 fully saturated rings. The number of nitrogens with zero attached hydrogens (tertiary/aromatic N) is 3. The van der Waals surface area contributed by atoms with Crippen molar-refractivity contribution in [2.24, 2.45) is 0 Å². The predicted molar refractivity (Wildman–Crippen MR) is 72.5 cm³/mol. The van der Waals surface area contributed by atoms with Crippen LogP contribution in [0.25, 0.3) is 0 Å². The number of aryl methyl sites for hydroxylation is 2. The van der Waals surface area contributed by atoms with Gasteiger partial charge in [-0.3, -0.25) is 4.98 Å². The second-order valence-electron chi connectivity index (χ2n) is 4.61. The minimum atomic E-state index is 0.526. The number of hydrogen-bond donors (Lipinski definition) is 1. The standard InChI is InChI=1S/C13H24N4/c1-6-17(8-7-14-10(2)3)13-12(5)15-9-11(4)16-13/h9-10,14H,6-8H2,1-5H3. The highest BCUT2D eigenvalue weighted by atomic mass is 15.2. The molecule has 1 aromatic rings. The first kappa shape index (κ1) is 13.9. The summed E-state index contributed by atoms with van der Waals surface area (Å²) in [7, 11) is 0. The second-order valence-corrected chi connectivity index (χ2v) is 4.61. The number of aromatic nitrogens is 2. The summed E-state index contributed by atoms with van der Waals surface area (Å²) in [5.41, 5.74) is 1.97. The maximum Gasteiger partial charge on any atom is 0.150 e. The average Bonchev–Trinajstić information content (AvgIpc) is 2.28. The van der Waals surface area contributed by atoms with Crippen molar-refractivity contribution >= 4 is 5.82 Å². The first-order valence-electron chi connectivity index (χ1n) is 6.33. The van der Waals surface area contributed by atoms with E-state index in [-0.39, 0.29) is 0 Å². The summed E-state index contributed by atoms with van der Waals surface area (Å²) in [6.07, 6.45) is 1.82. The van der Waals surface area contributed by atoms with Crippen molar-refractivity contribution in [1.29, 1.82) is 0 Å². The van der Waals surface area contributed by atoms with E-state index in [1.165, 1.54) is 0 Å². The Morgan fingerprint density at radius 3 is 2.65 bits per heavy atom. The lowest BCUT2D eigenvalue weighted by atomic mass is 10.3. The van der Waals surface area contributed by atoms with E-state index in [0.717, 1.165) is 36.8 Å². The zero-order valence-corrected chi connectivity index (χ0v) is 11.6. The molecule has 1 N–H and O–H groups in total. The minimum Gasteiger partial charge on any atom is -0.354 e. The van der Waals surface area contributed by atoms with Gasteiger partial charge in [-0.2, -0.15) is 0 Å². The average molecular weight is 236 g/mol. The van der Waals surface area contributed by atoms with Crippen LogP contribution in [0.3, 0.4) is 0 Å². The fourth-order valence-electron chi connectivity index (χ4n) is 1.73. The van der Waals surface area contributed by atoms with Gasteiger partial charge in [-0.1, -0.05) is 13.8 Å². The molecule has 17 heavy (non-hydrogen) atoms. The largest absolute Gasteiger partial charge is 0.354 e. The van der Waals surface area contributed by atoms with Crippen LogP contribution >= 0.6 is 0 Å². The third-order valence-corrected chi connectivity index (χ3v) is 2.67. The van der Waals surface area contributed by atoms with Crippen molar-refractivity contribution in [2.45, 2.75) is 40.7 Å². The highest BCUT2D eigenvalue weighted by molar-refractivity contribution is 5.43. The molecule has 0 spiro atoms. The molecule has 0 radical (unpaired) electrons. The SMILES string of the molecule is CCN(CCNC(C)C)c1nc(C)cnc1C. The number of hydrogen-bond acceptors (Lipinski definition) is 4. The predicted octanol–water partition coefficient (Wildman–Crippen LogP) is 1.92. The summed E-state index contributed by atoms with van der Waals surface area (Å²) in [4.78, 5) is 11.2. The summed E-state index contributed by atoms with van der Waals surface area (Å²) in [5.74, 6) is 1.01. The van der Waals surface area contributed by atoms with Crippen LogP contribution < -0.4 is 10.2 Å². The Morgan fingerprint density at radius 1 is 1.35 bits per heavy atom. The van der Waals surface area contributed by atoms with Gasteiger partial charge in [-0.25, -0.2) is 4.98 Å². The maximum atomic E-state index is 4.58.